The average molecular weight is 255 g/mol. The lowest BCUT2D eigenvalue weighted by Crippen LogP contribution is -2.14. The fourth-order valence-electron chi connectivity index (χ4n) is 1.67. The van der Waals surface area contributed by atoms with Crippen molar-refractivity contribution in [1.82, 2.24) is 10.2 Å². The van der Waals surface area contributed by atoms with Crippen LogP contribution in [0.25, 0.3) is 0 Å². The Labute approximate surface area is 112 Å². The second kappa shape index (κ2) is 5.61. The molecule has 1 heterocycles. The van der Waals surface area contributed by atoms with E-state index in [2.05, 4.69) is 29.4 Å². The molecule has 0 aliphatic rings. The maximum Gasteiger partial charge on any atom is 0.276 e. The van der Waals surface area contributed by atoms with Gasteiger partial charge in [-0.1, -0.05) is 26.0 Å². The van der Waals surface area contributed by atoms with Crippen molar-refractivity contribution >= 4 is 11.6 Å². The standard InChI is InChI=1S/C15H17N3O/c1-10(2)12-5-7-13(8-6-12)16-15(19)14-9-4-11(3)17-18-14/h4-10H,1-3H3,(H,16,19). The summed E-state index contributed by atoms with van der Waals surface area (Å²) in [5, 5.41) is 10.5. The van der Waals surface area contributed by atoms with Crippen LogP contribution in [-0.4, -0.2) is 16.1 Å². The number of benzene rings is 1. The summed E-state index contributed by atoms with van der Waals surface area (Å²) < 4.78 is 0. The highest BCUT2D eigenvalue weighted by molar-refractivity contribution is 6.02. The zero-order chi connectivity index (χ0) is 13.8. The molecule has 1 aromatic heterocycles. The normalized spacial score (nSPS) is 10.5. The molecule has 0 spiro atoms. The number of carbonyl (C=O) groups excluding carboxylic acids is 1. The summed E-state index contributed by atoms with van der Waals surface area (Å²) in [5.74, 6) is 0.234. The van der Waals surface area contributed by atoms with Gasteiger partial charge in [0.15, 0.2) is 5.69 Å². The molecule has 0 bridgehead atoms. The SMILES string of the molecule is Cc1ccc(C(=O)Nc2ccc(C(C)C)cc2)nn1. The van der Waals surface area contributed by atoms with Gasteiger partial charge in [-0.25, -0.2) is 0 Å². The van der Waals surface area contributed by atoms with Crippen molar-refractivity contribution in [3.63, 3.8) is 0 Å². The van der Waals surface area contributed by atoms with E-state index in [1.165, 1.54) is 5.56 Å². The zero-order valence-corrected chi connectivity index (χ0v) is 11.3. The largest absolute Gasteiger partial charge is 0.321 e. The molecule has 0 unspecified atom stereocenters. The molecule has 0 aliphatic carbocycles. The molecule has 1 amide bonds. The van der Waals surface area contributed by atoms with Gasteiger partial charge in [0.05, 0.1) is 5.69 Å². The Balaban J connectivity index is 2.08. The Morgan fingerprint density at radius 3 is 2.26 bits per heavy atom. The minimum Gasteiger partial charge on any atom is -0.321 e. The molecule has 2 rings (SSSR count). The Morgan fingerprint density at radius 2 is 1.74 bits per heavy atom. The lowest BCUT2D eigenvalue weighted by atomic mass is 10.0. The van der Waals surface area contributed by atoms with E-state index < -0.39 is 0 Å². The summed E-state index contributed by atoms with van der Waals surface area (Å²) in [6.07, 6.45) is 0. The molecular weight excluding hydrogens is 238 g/mol. The fourth-order valence-corrected chi connectivity index (χ4v) is 1.67. The summed E-state index contributed by atoms with van der Waals surface area (Å²) in [5.41, 5.74) is 3.11. The molecule has 1 N–H and O–H groups in total. The molecule has 4 heteroatoms. The molecule has 19 heavy (non-hydrogen) atoms. The summed E-state index contributed by atoms with van der Waals surface area (Å²) >= 11 is 0. The lowest BCUT2D eigenvalue weighted by Gasteiger charge is -2.08. The third-order valence-corrected chi connectivity index (χ3v) is 2.87. The molecule has 0 aliphatic heterocycles. The first kappa shape index (κ1) is 13.2. The van der Waals surface area contributed by atoms with E-state index >= 15 is 0 Å². The highest BCUT2D eigenvalue weighted by atomic mass is 16.1. The van der Waals surface area contributed by atoms with Gasteiger partial charge in [0.2, 0.25) is 0 Å². The van der Waals surface area contributed by atoms with Crippen LogP contribution in [0, 0.1) is 6.92 Å². The van der Waals surface area contributed by atoms with Crippen LogP contribution in [0.15, 0.2) is 36.4 Å². The number of rotatable bonds is 3. The molecule has 4 nitrogen and oxygen atoms in total. The number of aromatic nitrogens is 2. The molecule has 0 saturated heterocycles. The minimum atomic E-state index is -0.246. The number of anilines is 1. The monoisotopic (exact) mass is 255 g/mol. The number of hydrogen-bond donors (Lipinski definition) is 1. The van der Waals surface area contributed by atoms with Crippen LogP contribution in [0.1, 0.15) is 41.5 Å². The van der Waals surface area contributed by atoms with Crippen LogP contribution in [-0.2, 0) is 0 Å². The molecule has 1 aromatic carbocycles. The highest BCUT2D eigenvalue weighted by Gasteiger charge is 2.08. The molecule has 0 saturated carbocycles. The van der Waals surface area contributed by atoms with Crippen molar-refractivity contribution in [2.75, 3.05) is 5.32 Å². The second-order valence-corrected chi connectivity index (χ2v) is 4.79. The van der Waals surface area contributed by atoms with Crippen LogP contribution < -0.4 is 5.32 Å². The molecule has 0 fully saturated rings. The number of amides is 1. The minimum absolute atomic E-state index is 0.246. The number of aryl methyl sites for hydroxylation is 1. The van der Waals surface area contributed by atoms with Gasteiger partial charge in [-0.15, -0.1) is 5.10 Å². The highest BCUT2D eigenvalue weighted by Crippen LogP contribution is 2.17. The quantitative estimate of drug-likeness (QED) is 0.916. The second-order valence-electron chi connectivity index (χ2n) is 4.79. The van der Waals surface area contributed by atoms with Gasteiger partial charge >= 0.3 is 0 Å². The van der Waals surface area contributed by atoms with E-state index in [4.69, 9.17) is 0 Å². The summed E-state index contributed by atoms with van der Waals surface area (Å²) in [4.78, 5) is 11.9. The topological polar surface area (TPSA) is 54.9 Å². The van der Waals surface area contributed by atoms with Crippen molar-refractivity contribution < 1.29 is 4.79 Å². The number of carbonyl (C=O) groups is 1. The van der Waals surface area contributed by atoms with Crippen LogP contribution in [0.4, 0.5) is 5.69 Å². The molecule has 0 radical (unpaired) electrons. The van der Waals surface area contributed by atoms with Crippen LogP contribution in [0.5, 0.6) is 0 Å². The Morgan fingerprint density at radius 1 is 1.05 bits per heavy atom. The first-order valence-corrected chi connectivity index (χ1v) is 6.28. The molecule has 2 aromatic rings. The first-order valence-electron chi connectivity index (χ1n) is 6.28. The maximum absolute atomic E-state index is 11.9. The summed E-state index contributed by atoms with van der Waals surface area (Å²) in [6.45, 7) is 6.10. The van der Waals surface area contributed by atoms with E-state index in [-0.39, 0.29) is 5.91 Å². The van der Waals surface area contributed by atoms with E-state index in [1.807, 2.05) is 31.2 Å². The maximum atomic E-state index is 11.9. The van der Waals surface area contributed by atoms with Gasteiger partial charge < -0.3 is 5.32 Å². The van der Waals surface area contributed by atoms with Gasteiger partial charge in [0.1, 0.15) is 0 Å². The van der Waals surface area contributed by atoms with Crippen molar-refractivity contribution in [3.8, 4) is 0 Å². The van der Waals surface area contributed by atoms with E-state index in [9.17, 15) is 4.79 Å². The third kappa shape index (κ3) is 3.37. The summed E-state index contributed by atoms with van der Waals surface area (Å²) in [7, 11) is 0. The van der Waals surface area contributed by atoms with Crippen molar-refractivity contribution in [2.45, 2.75) is 26.7 Å². The predicted octanol–water partition coefficient (Wildman–Crippen LogP) is 3.16. The van der Waals surface area contributed by atoms with Crippen molar-refractivity contribution in [1.29, 1.82) is 0 Å². The van der Waals surface area contributed by atoms with E-state index in [0.29, 0.717) is 11.6 Å². The summed E-state index contributed by atoms with van der Waals surface area (Å²) in [6, 6.07) is 11.3. The number of nitrogens with zero attached hydrogens (tertiary/aromatic N) is 2. The van der Waals surface area contributed by atoms with Gasteiger partial charge in [0, 0.05) is 5.69 Å². The van der Waals surface area contributed by atoms with Gasteiger partial charge in [-0.2, -0.15) is 5.10 Å². The first-order chi connectivity index (χ1) is 9.06. The Bertz CT molecular complexity index is 559. The zero-order valence-electron chi connectivity index (χ0n) is 11.3. The number of hydrogen-bond acceptors (Lipinski definition) is 3. The third-order valence-electron chi connectivity index (χ3n) is 2.87. The van der Waals surface area contributed by atoms with E-state index in [1.54, 1.807) is 12.1 Å². The molecular formula is C15H17N3O. The van der Waals surface area contributed by atoms with Gasteiger partial charge in [-0.3, -0.25) is 4.79 Å². The predicted molar refractivity (Wildman–Crippen MR) is 75.3 cm³/mol. The van der Waals surface area contributed by atoms with Gasteiger partial charge in [-0.05, 0) is 42.7 Å². The Hall–Kier alpha value is -2.23. The van der Waals surface area contributed by atoms with Crippen LogP contribution >= 0.6 is 0 Å². The van der Waals surface area contributed by atoms with Gasteiger partial charge in [0.25, 0.3) is 5.91 Å². The fraction of sp³-hybridized carbons (Fsp3) is 0.267. The number of nitrogens with one attached hydrogen (secondary N) is 1. The smallest absolute Gasteiger partial charge is 0.276 e. The van der Waals surface area contributed by atoms with Crippen molar-refractivity contribution in [2.24, 2.45) is 0 Å². The van der Waals surface area contributed by atoms with Crippen LogP contribution in [0.2, 0.25) is 0 Å². The molecule has 0 atom stereocenters. The molecule has 98 valence electrons. The lowest BCUT2D eigenvalue weighted by molar-refractivity contribution is 0.102. The average Bonchev–Trinajstić information content (AvgIpc) is 2.40. The van der Waals surface area contributed by atoms with E-state index in [0.717, 1.165) is 11.4 Å². The van der Waals surface area contributed by atoms with Crippen LogP contribution in [0.3, 0.4) is 0 Å². The Kier molecular flexibility index (Phi) is 3.90. The van der Waals surface area contributed by atoms with Crippen molar-refractivity contribution in [3.05, 3.63) is 53.3 Å².